The second-order valence-electron chi connectivity index (χ2n) is 6.27. The van der Waals surface area contributed by atoms with Crippen LogP contribution in [0.5, 0.6) is 5.75 Å². The molecule has 0 aliphatic heterocycles. The first kappa shape index (κ1) is 15.7. The molecule has 110 valence electrons. The Morgan fingerprint density at radius 2 is 1.79 bits per heavy atom. The Morgan fingerprint density at radius 1 is 1.26 bits per heavy atom. The largest absolute Gasteiger partial charge is 0.488 e. The molecule has 0 unspecified atom stereocenters. The van der Waals surface area contributed by atoms with Crippen molar-refractivity contribution in [2.45, 2.75) is 19.4 Å². The van der Waals surface area contributed by atoms with Crippen molar-refractivity contribution in [2.75, 3.05) is 34.3 Å². The van der Waals surface area contributed by atoms with Gasteiger partial charge in [0.2, 0.25) is 0 Å². The molecule has 1 aromatic carbocycles. The number of Topliss-reactive ketones (excluding diaryl/α,β-unsaturated/α-hetero) is 1. The molecule has 0 aliphatic rings. The van der Waals surface area contributed by atoms with Crippen LogP contribution in [0, 0.1) is 0 Å². The molecule has 4 heteroatoms. The number of carbonyl (C=O) groups excluding carboxylic acids is 1. The topological polar surface area (TPSA) is 46.5 Å². The molecule has 0 fully saturated rings. The monoisotopic (exact) mass is 270 g/mol. The quantitative estimate of drug-likeness (QED) is 0.637. The van der Waals surface area contributed by atoms with Crippen LogP contribution in [0.25, 0.3) is 0 Å². The predicted molar refractivity (Wildman–Crippen MR) is 79.7 cm³/mol. The van der Waals surface area contributed by atoms with Crippen LogP contribution < -0.4 is 4.74 Å². The van der Waals surface area contributed by atoms with Gasteiger partial charge in [-0.15, -0.1) is 0 Å². The standard InChI is InChI=1S/C15H24NO3.2H2/c1-15(2,18)14(17)12-6-8-13(9-7-12)19-11-10-16(3,4)5;;/h6-9,18H,10-11H2,1-5H3;2*1H/q+1;;. The van der Waals surface area contributed by atoms with Crippen molar-refractivity contribution in [1.29, 1.82) is 0 Å². The van der Waals surface area contributed by atoms with Gasteiger partial charge in [0.05, 0.1) is 21.1 Å². The maximum atomic E-state index is 11.8. The van der Waals surface area contributed by atoms with Crippen LogP contribution in [-0.4, -0.2) is 55.3 Å². The minimum Gasteiger partial charge on any atom is -0.488 e. The van der Waals surface area contributed by atoms with Gasteiger partial charge in [-0.3, -0.25) is 4.79 Å². The van der Waals surface area contributed by atoms with E-state index in [0.29, 0.717) is 12.2 Å². The van der Waals surface area contributed by atoms with Crippen molar-refractivity contribution in [3.63, 3.8) is 0 Å². The number of hydrogen-bond acceptors (Lipinski definition) is 3. The molecule has 4 nitrogen and oxygen atoms in total. The summed E-state index contributed by atoms with van der Waals surface area (Å²) in [6.07, 6.45) is 0. The zero-order valence-electron chi connectivity index (χ0n) is 12.4. The molecule has 0 spiro atoms. The van der Waals surface area contributed by atoms with Gasteiger partial charge in [-0.2, -0.15) is 0 Å². The first-order chi connectivity index (χ1) is 8.59. The van der Waals surface area contributed by atoms with Gasteiger partial charge in [0.25, 0.3) is 0 Å². The number of nitrogens with zero attached hydrogens (tertiary/aromatic N) is 1. The minimum absolute atomic E-state index is 0. The lowest BCUT2D eigenvalue weighted by Crippen LogP contribution is -2.38. The summed E-state index contributed by atoms with van der Waals surface area (Å²) in [6.45, 7) is 4.51. The number of carbonyl (C=O) groups is 1. The maximum Gasteiger partial charge on any atom is 0.193 e. The van der Waals surface area contributed by atoms with Crippen molar-refractivity contribution in [3.8, 4) is 5.75 Å². The lowest BCUT2D eigenvalue weighted by molar-refractivity contribution is -0.870. The average Bonchev–Trinajstić information content (AvgIpc) is 2.26. The number of benzene rings is 1. The van der Waals surface area contributed by atoms with E-state index >= 15 is 0 Å². The summed E-state index contributed by atoms with van der Waals surface area (Å²) in [6, 6.07) is 6.88. The molecule has 0 aromatic heterocycles. The molecule has 0 atom stereocenters. The van der Waals surface area contributed by atoms with Crippen molar-refractivity contribution in [2.24, 2.45) is 0 Å². The highest BCUT2D eigenvalue weighted by Crippen LogP contribution is 2.17. The van der Waals surface area contributed by atoms with Gasteiger partial charge in [-0.05, 0) is 38.1 Å². The van der Waals surface area contributed by atoms with Gasteiger partial charge in [0.15, 0.2) is 5.78 Å². The Labute approximate surface area is 118 Å². The normalized spacial score (nSPS) is 12.3. The Balaban J connectivity index is 0. The molecule has 0 bridgehead atoms. The first-order valence-corrected chi connectivity index (χ1v) is 6.40. The van der Waals surface area contributed by atoms with Crippen LogP contribution >= 0.6 is 0 Å². The van der Waals surface area contributed by atoms with Crippen molar-refractivity contribution in [1.82, 2.24) is 0 Å². The number of likely N-dealkylation sites (N-methyl/N-ethyl adjacent to an activating group) is 1. The molecular weight excluding hydrogens is 242 g/mol. The summed E-state index contributed by atoms with van der Waals surface area (Å²) < 4.78 is 6.46. The number of aliphatic hydroxyl groups is 1. The summed E-state index contributed by atoms with van der Waals surface area (Å²) in [7, 11) is 6.32. The second-order valence-corrected chi connectivity index (χ2v) is 6.27. The van der Waals surface area contributed by atoms with Crippen molar-refractivity contribution in [3.05, 3.63) is 29.8 Å². The van der Waals surface area contributed by atoms with Crippen molar-refractivity contribution < 1.29 is 22.0 Å². The van der Waals surface area contributed by atoms with E-state index in [-0.39, 0.29) is 8.64 Å². The van der Waals surface area contributed by atoms with E-state index in [0.717, 1.165) is 16.8 Å². The molecule has 1 N–H and O–H groups in total. The number of ketones is 1. The van der Waals surface area contributed by atoms with Crippen LogP contribution in [0.1, 0.15) is 27.1 Å². The van der Waals surface area contributed by atoms with Gasteiger partial charge < -0.3 is 14.3 Å². The van der Waals surface area contributed by atoms with E-state index in [2.05, 4.69) is 21.1 Å². The van der Waals surface area contributed by atoms with E-state index in [1.54, 1.807) is 24.3 Å². The summed E-state index contributed by atoms with van der Waals surface area (Å²) in [5.41, 5.74) is -0.849. The average molecular weight is 270 g/mol. The highest BCUT2D eigenvalue weighted by molar-refractivity contribution is 6.01. The fourth-order valence-corrected chi connectivity index (χ4v) is 1.49. The number of rotatable bonds is 6. The number of quaternary nitrogens is 1. The van der Waals surface area contributed by atoms with Gasteiger partial charge in [0.1, 0.15) is 24.5 Å². The molecule has 0 heterocycles. The lowest BCUT2D eigenvalue weighted by atomic mass is 9.97. The third kappa shape index (κ3) is 5.41. The van der Waals surface area contributed by atoms with Gasteiger partial charge in [-0.1, -0.05) is 0 Å². The maximum absolute atomic E-state index is 11.8. The van der Waals surface area contributed by atoms with E-state index in [9.17, 15) is 9.90 Å². The van der Waals surface area contributed by atoms with Crippen molar-refractivity contribution >= 4 is 5.78 Å². The number of ether oxygens (including phenoxy) is 1. The van der Waals surface area contributed by atoms with Crippen LogP contribution in [0.2, 0.25) is 0 Å². The van der Waals surface area contributed by atoms with E-state index in [4.69, 9.17) is 4.74 Å². The molecule has 0 saturated heterocycles. The zero-order chi connectivity index (χ0) is 14.7. The molecule has 0 radical (unpaired) electrons. The van der Waals surface area contributed by atoms with E-state index < -0.39 is 5.60 Å². The van der Waals surface area contributed by atoms with E-state index in [1.807, 2.05) is 0 Å². The molecule has 0 amide bonds. The predicted octanol–water partition coefficient (Wildman–Crippen LogP) is 2.22. The molecule has 0 saturated carbocycles. The van der Waals surface area contributed by atoms with Gasteiger partial charge in [-0.25, -0.2) is 0 Å². The third-order valence-electron chi connectivity index (χ3n) is 2.70. The molecule has 1 aromatic rings. The Morgan fingerprint density at radius 3 is 2.21 bits per heavy atom. The molecular formula is C15H28NO3+. The van der Waals surface area contributed by atoms with Crippen LogP contribution in [0.3, 0.4) is 0 Å². The van der Waals surface area contributed by atoms with Crippen LogP contribution in [0.4, 0.5) is 0 Å². The fourth-order valence-electron chi connectivity index (χ4n) is 1.49. The van der Waals surface area contributed by atoms with E-state index in [1.165, 1.54) is 13.8 Å². The second kappa shape index (κ2) is 5.72. The summed E-state index contributed by atoms with van der Waals surface area (Å²) in [4.78, 5) is 11.8. The first-order valence-electron chi connectivity index (χ1n) is 6.40. The lowest BCUT2D eigenvalue weighted by Gasteiger charge is -2.23. The van der Waals surface area contributed by atoms with Crippen LogP contribution in [-0.2, 0) is 0 Å². The molecule has 19 heavy (non-hydrogen) atoms. The Hall–Kier alpha value is -1.39. The summed E-state index contributed by atoms with van der Waals surface area (Å²) in [5.74, 6) is 0.450. The zero-order valence-corrected chi connectivity index (χ0v) is 12.4. The highest BCUT2D eigenvalue weighted by atomic mass is 16.5. The third-order valence-corrected chi connectivity index (χ3v) is 2.70. The highest BCUT2D eigenvalue weighted by Gasteiger charge is 2.24. The minimum atomic E-state index is -1.34. The Kier molecular flexibility index (Phi) is 4.71. The van der Waals surface area contributed by atoms with Gasteiger partial charge in [0, 0.05) is 8.42 Å². The number of hydrogen-bond donors (Lipinski definition) is 1. The summed E-state index contributed by atoms with van der Waals surface area (Å²) >= 11 is 0. The summed E-state index contributed by atoms with van der Waals surface area (Å²) in [5, 5.41) is 9.66. The Bertz CT molecular complexity index is 434. The molecule has 1 rings (SSSR count). The van der Waals surface area contributed by atoms with Crippen LogP contribution in [0.15, 0.2) is 24.3 Å². The molecule has 0 aliphatic carbocycles. The smallest absolute Gasteiger partial charge is 0.193 e. The fraction of sp³-hybridized carbons (Fsp3) is 0.533. The van der Waals surface area contributed by atoms with Gasteiger partial charge >= 0.3 is 0 Å². The SMILES string of the molecule is CC(C)(O)C(=O)c1ccc(OCC[N+](C)(C)C)cc1.[HH].[HH].